The van der Waals surface area contributed by atoms with Crippen LogP contribution in [0.4, 0.5) is 4.39 Å². The van der Waals surface area contributed by atoms with E-state index in [1.54, 1.807) is 39.1 Å². The van der Waals surface area contributed by atoms with E-state index in [0.717, 1.165) is 28.6 Å². The fourth-order valence-corrected chi connectivity index (χ4v) is 4.77. The van der Waals surface area contributed by atoms with Crippen LogP contribution in [0.2, 0.25) is 0 Å². The Morgan fingerprint density at radius 3 is 2.49 bits per heavy atom. The van der Waals surface area contributed by atoms with E-state index in [1.165, 1.54) is 17.0 Å². The number of nitrogens with zero attached hydrogens (tertiary/aromatic N) is 3. The monoisotopic (exact) mass is 549 g/mol. The van der Waals surface area contributed by atoms with E-state index >= 15 is 0 Å². The molecule has 3 heterocycles. The van der Waals surface area contributed by atoms with Crippen molar-refractivity contribution in [2.45, 2.75) is 33.6 Å². The van der Waals surface area contributed by atoms with Crippen molar-refractivity contribution in [1.29, 1.82) is 5.41 Å². The second-order valence-corrected chi connectivity index (χ2v) is 10.7. The number of aromatic nitrogens is 2. The molecule has 1 aliphatic rings. The Labute approximate surface area is 230 Å². The first-order valence-electron chi connectivity index (χ1n) is 12.3. The van der Waals surface area contributed by atoms with Gasteiger partial charge >= 0.3 is 11.1 Å². The average Bonchev–Trinajstić information content (AvgIpc) is 2.90. The van der Waals surface area contributed by atoms with Crippen molar-refractivity contribution in [3.05, 3.63) is 70.7 Å². The summed E-state index contributed by atoms with van der Waals surface area (Å²) in [6.45, 7) is 7.69. The largest absolute Gasteiger partial charge is 0.420 e. The van der Waals surface area contributed by atoms with Crippen LogP contribution in [0.15, 0.2) is 42.5 Å². The molecule has 2 amide bonds. The first kappa shape index (κ1) is 27.9. The molecular formula is C28H30FN6O3S+. The van der Waals surface area contributed by atoms with Crippen LogP contribution in [0.25, 0.3) is 11.3 Å². The summed E-state index contributed by atoms with van der Waals surface area (Å²) < 4.78 is 21.1. The SMILES string of the molecule is CCN(C)C(=O)c1ccc(-c2ccc3c(n2)Oc2nc(C)ccc2[C@@H]3C(C)(C)C(=O)NC(=[NH2+])SC=N)cc1F. The number of fused-ring (bicyclic) bond motifs is 2. The van der Waals surface area contributed by atoms with E-state index < -0.39 is 23.1 Å². The van der Waals surface area contributed by atoms with Gasteiger partial charge in [0, 0.05) is 53.7 Å². The summed E-state index contributed by atoms with van der Waals surface area (Å²) in [5, 5.41) is 15.9. The number of halogens is 1. The molecule has 0 aliphatic carbocycles. The lowest BCUT2D eigenvalue weighted by Gasteiger charge is -2.35. The van der Waals surface area contributed by atoms with Crippen LogP contribution >= 0.6 is 11.8 Å². The third-order valence-corrected chi connectivity index (χ3v) is 7.25. The van der Waals surface area contributed by atoms with Crippen molar-refractivity contribution in [2.75, 3.05) is 13.6 Å². The first-order valence-corrected chi connectivity index (χ1v) is 13.2. The molecule has 202 valence electrons. The summed E-state index contributed by atoms with van der Waals surface area (Å²) in [5.41, 5.74) is 3.00. The lowest BCUT2D eigenvalue weighted by atomic mass is 9.70. The van der Waals surface area contributed by atoms with Crippen molar-refractivity contribution in [3.63, 3.8) is 0 Å². The van der Waals surface area contributed by atoms with E-state index in [0.29, 0.717) is 29.2 Å². The molecule has 0 saturated heterocycles. The van der Waals surface area contributed by atoms with E-state index in [1.807, 2.05) is 26.0 Å². The molecule has 9 nitrogen and oxygen atoms in total. The molecule has 0 radical (unpaired) electrons. The second kappa shape index (κ2) is 10.9. The number of rotatable bonds is 6. The topological polar surface area (TPSA) is 134 Å². The van der Waals surface area contributed by atoms with Crippen LogP contribution in [0.5, 0.6) is 11.8 Å². The zero-order valence-electron chi connectivity index (χ0n) is 22.3. The second-order valence-electron chi connectivity index (χ2n) is 9.76. The van der Waals surface area contributed by atoms with Gasteiger partial charge in [-0.3, -0.25) is 10.2 Å². The predicted octanol–water partition coefficient (Wildman–Crippen LogP) is 3.52. The number of nitrogens with two attached hydrogens (primary N) is 1. The molecule has 11 heteroatoms. The quantitative estimate of drug-likeness (QED) is 0.318. The standard InChI is InChI=1S/C28H29FN6O3S/c1-6-35(5)25(36)17-10-8-16(13-20(17)29)21-12-11-19-22(28(3,4)26(37)34-27(31)39-14-30)18-9-7-15(2)32-23(18)38-24(19)33-21/h7-14,22,30H,6H2,1-5H3,(H2,31,34,37)/p+1/t22-/m0/s1. The number of amides is 2. The zero-order chi connectivity index (χ0) is 28.5. The number of aryl methyl sites for hydroxylation is 1. The zero-order valence-corrected chi connectivity index (χ0v) is 23.1. The van der Waals surface area contributed by atoms with Crippen molar-refractivity contribution >= 4 is 34.3 Å². The van der Waals surface area contributed by atoms with Crippen molar-refractivity contribution in [2.24, 2.45) is 5.41 Å². The minimum Gasteiger partial charge on any atom is -0.420 e. The molecule has 0 spiro atoms. The van der Waals surface area contributed by atoms with Crippen molar-refractivity contribution in [3.8, 4) is 23.0 Å². The number of pyridine rings is 2. The van der Waals surface area contributed by atoms with E-state index in [-0.39, 0.29) is 22.5 Å². The van der Waals surface area contributed by atoms with Gasteiger partial charge in [-0.15, -0.1) is 0 Å². The molecule has 1 atom stereocenters. The lowest BCUT2D eigenvalue weighted by molar-refractivity contribution is -0.133. The highest BCUT2D eigenvalue weighted by molar-refractivity contribution is 8.24. The molecule has 0 fully saturated rings. The van der Waals surface area contributed by atoms with Gasteiger partial charge in [-0.1, -0.05) is 18.2 Å². The van der Waals surface area contributed by atoms with Crippen LogP contribution in [0.1, 0.15) is 53.9 Å². The normalized spacial score (nSPS) is 13.9. The number of nitrogens with one attached hydrogen (secondary N) is 2. The average molecular weight is 550 g/mol. The fourth-order valence-electron chi connectivity index (χ4n) is 4.49. The molecule has 1 aliphatic heterocycles. The molecule has 4 N–H and O–H groups in total. The van der Waals surface area contributed by atoms with Gasteiger partial charge in [0.25, 0.3) is 5.91 Å². The number of amidine groups is 1. The predicted molar refractivity (Wildman–Crippen MR) is 148 cm³/mol. The summed E-state index contributed by atoms with van der Waals surface area (Å²) in [6.07, 6.45) is 0. The van der Waals surface area contributed by atoms with Gasteiger partial charge in [-0.2, -0.15) is 0 Å². The Bertz CT molecular complexity index is 1490. The molecule has 39 heavy (non-hydrogen) atoms. The number of thioether (sulfide) groups is 1. The van der Waals surface area contributed by atoms with Gasteiger partial charge in [-0.05, 0) is 52.0 Å². The Hall–Kier alpha value is -4.12. The summed E-state index contributed by atoms with van der Waals surface area (Å²) in [4.78, 5) is 36.5. The van der Waals surface area contributed by atoms with Crippen LogP contribution < -0.4 is 15.5 Å². The van der Waals surface area contributed by atoms with Crippen molar-refractivity contribution in [1.82, 2.24) is 20.2 Å². The molecule has 1 aromatic carbocycles. The maximum absolute atomic E-state index is 14.9. The summed E-state index contributed by atoms with van der Waals surface area (Å²) in [5.74, 6) is -1.30. The van der Waals surface area contributed by atoms with Gasteiger partial charge < -0.3 is 15.0 Å². The molecule has 3 aromatic rings. The molecule has 4 rings (SSSR count). The molecule has 0 bridgehead atoms. The van der Waals surface area contributed by atoms with Crippen LogP contribution in [0, 0.1) is 23.6 Å². The number of ether oxygens (including phenoxy) is 1. The highest BCUT2D eigenvalue weighted by atomic mass is 32.2. The van der Waals surface area contributed by atoms with Crippen LogP contribution in [0.3, 0.4) is 0 Å². The molecule has 2 aromatic heterocycles. The third kappa shape index (κ3) is 5.40. The lowest BCUT2D eigenvalue weighted by Crippen LogP contribution is -2.53. The first-order chi connectivity index (χ1) is 18.5. The van der Waals surface area contributed by atoms with Gasteiger partial charge in [0.05, 0.1) is 22.2 Å². The van der Waals surface area contributed by atoms with Gasteiger partial charge in [0.15, 0.2) is 0 Å². The Balaban J connectivity index is 1.76. The van der Waals surface area contributed by atoms with E-state index in [2.05, 4.69) is 15.3 Å². The summed E-state index contributed by atoms with van der Waals surface area (Å²) >= 11 is 0.902. The highest BCUT2D eigenvalue weighted by Gasteiger charge is 2.47. The van der Waals surface area contributed by atoms with Gasteiger partial charge in [0.2, 0.25) is 11.8 Å². The number of benzene rings is 1. The third-order valence-electron chi connectivity index (χ3n) is 6.78. The fraction of sp³-hybridized carbons (Fsp3) is 0.286. The van der Waals surface area contributed by atoms with E-state index in [9.17, 15) is 14.0 Å². The summed E-state index contributed by atoms with van der Waals surface area (Å²) in [7, 11) is 1.61. The number of carbonyl (C=O) groups is 2. The maximum atomic E-state index is 14.9. The Morgan fingerprint density at radius 1 is 1.18 bits per heavy atom. The minimum atomic E-state index is -1.03. The Kier molecular flexibility index (Phi) is 7.82. The molecule has 0 unspecified atom stereocenters. The van der Waals surface area contributed by atoms with Crippen LogP contribution in [-0.2, 0) is 4.79 Å². The number of hydrogen-bond donors (Lipinski definition) is 3. The summed E-state index contributed by atoms with van der Waals surface area (Å²) in [6, 6.07) is 11.6. The van der Waals surface area contributed by atoms with Gasteiger partial charge in [0.1, 0.15) is 5.82 Å². The molecule has 0 saturated carbocycles. The number of hydrogen-bond acceptors (Lipinski definition) is 7. The Morgan fingerprint density at radius 2 is 1.85 bits per heavy atom. The smallest absolute Gasteiger partial charge is 0.315 e. The molecular weight excluding hydrogens is 519 g/mol. The van der Waals surface area contributed by atoms with Gasteiger partial charge in [-0.25, -0.2) is 24.5 Å². The minimum absolute atomic E-state index is 0.0176. The van der Waals surface area contributed by atoms with Crippen LogP contribution in [-0.4, -0.2) is 51.0 Å². The highest BCUT2D eigenvalue weighted by Crippen LogP contribution is 2.51. The number of carbonyl (C=O) groups excluding carboxylic acids is 2. The van der Waals surface area contributed by atoms with Crippen molar-refractivity contribution < 1.29 is 24.1 Å². The maximum Gasteiger partial charge on any atom is 0.315 e. The van der Waals surface area contributed by atoms with E-state index in [4.69, 9.17) is 15.6 Å².